The number of rotatable bonds is 8. The molecule has 5 rings (SSSR count). The van der Waals surface area contributed by atoms with Crippen LogP contribution in [0.25, 0.3) is 23.0 Å². The topological polar surface area (TPSA) is 89.2 Å². The van der Waals surface area contributed by atoms with Gasteiger partial charge in [0, 0.05) is 27.4 Å². The Hall–Kier alpha value is -4.30. The van der Waals surface area contributed by atoms with E-state index < -0.39 is 11.8 Å². The number of furan rings is 1. The lowest BCUT2D eigenvalue weighted by atomic mass is 10.1. The molecule has 2 N–H and O–H groups in total. The molecule has 40 heavy (non-hydrogen) atoms. The maximum absolute atomic E-state index is 13.4. The number of para-hydroxylation sites is 1. The highest BCUT2D eigenvalue weighted by Crippen LogP contribution is 2.27. The fourth-order valence-corrected chi connectivity index (χ4v) is 4.51. The third-order valence-corrected chi connectivity index (χ3v) is 6.65. The molecule has 5 aromatic rings. The number of hydrogen-bond acceptors (Lipinski definition) is 4. The second-order valence-corrected chi connectivity index (χ2v) is 9.90. The third-order valence-electron chi connectivity index (χ3n) is 5.85. The Labute approximate surface area is 245 Å². The van der Waals surface area contributed by atoms with Crippen LogP contribution in [0.5, 0.6) is 0 Å². The molecule has 0 aliphatic carbocycles. The van der Waals surface area contributed by atoms with Gasteiger partial charge in [-0.2, -0.15) is 5.10 Å². The minimum atomic E-state index is -0.579. The van der Waals surface area contributed by atoms with E-state index in [4.69, 9.17) is 44.3 Å². The molecule has 0 aliphatic rings. The van der Waals surface area contributed by atoms with Crippen LogP contribution in [0.1, 0.15) is 21.7 Å². The summed E-state index contributed by atoms with van der Waals surface area (Å²) in [5, 5.41) is 11.4. The summed E-state index contributed by atoms with van der Waals surface area (Å²) >= 11 is 18.4. The zero-order valence-electron chi connectivity index (χ0n) is 20.8. The van der Waals surface area contributed by atoms with Crippen LogP contribution in [0, 0.1) is 0 Å². The lowest BCUT2D eigenvalue weighted by molar-refractivity contribution is -0.118. The molecule has 2 aromatic heterocycles. The van der Waals surface area contributed by atoms with E-state index in [0.717, 1.165) is 11.3 Å². The molecule has 0 bridgehead atoms. The standard InChI is InChI=1S/C30H21Cl3N4O3/c31-21-10-8-19(9-11-21)28-20(18-37(36-28)23-5-2-1-3-6-23)15-27(30(39)34-17-24-7-4-14-40-24)35-29(38)25-13-12-22(32)16-26(25)33/h1-16,18H,17H2,(H,34,39)(H,35,38)/b27-15-. The molecule has 200 valence electrons. The van der Waals surface area contributed by atoms with Crippen LogP contribution in [0.15, 0.2) is 108 Å². The predicted octanol–water partition coefficient (Wildman–Crippen LogP) is 7.18. The first-order chi connectivity index (χ1) is 19.4. The molecule has 0 fully saturated rings. The Morgan fingerprint density at radius 2 is 1.65 bits per heavy atom. The molecule has 2 amide bonds. The molecule has 2 heterocycles. The van der Waals surface area contributed by atoms with Gasteiger partial charge in [-0.25, -0.2) is 4.68 Å². The summed E-state index contributed by atoms with van der Waals surface area (Å²) in [7, 11) is 0. The van der Waals surface area contributed by atoms with Gasteiger partial charge in [0.25, 0.3) is 11.8 Å². The van der Waals surface area contributed by atoms with Gasteiger partial charge >= 0.3 is 0 Å². The van der Waals surface area contributed by atoms with Crippen molar-refractivity contribution in [2.75, 3.05) is 0 Å². The van der Waals surface area contributed by atoms with Crippen molar-refractivity contribution in [2.45, 2.75) is 6.54 Å². The van der Waals surface area contributed by atoms with Gasteiger partial charge in [-0.05, 0) is 60.7 Å². The lowest BCUT2D eigenvalue weighted by Gasteiger charge is -2.12. The second kappa shape index (κ2) is 12.3. The fraction of sp³-hybridized carbons (Fsp3) is 0.0333. The fourth-order valence-electron chi connectivity index (χ4n) is 3.89. The van der Waals surface area contributed by atoms with Gasteiger partial charge in [-0.1, -0.05) is 65.1 Å². The number of aromatic nitrogens is 2. The van der Waals surface area contributed by atoms with Crippen molar-refractivity contribution in [1.29, 1.82) is 0 Å². The molecular formula is C30H21Cl3N4O3. The van der Waals surface area contributed by atoms with E-state index in [2.05, 4.69) is 10.6 Å². The van der Waals surface area contributed by atoms with Gasteiger partial charge in [0.2, 0.25) is 0 Å². The smallest absolute Gasteiger partial charge is 0.268 e. The molecular weight excluding hydrogens is 571 g/mol. The normalized spacial score (nSPS) is 11.3. The third kappa shape index (κ3) is 6.46. The molecule has 3 aromatic carbocycles. The lowest BCUT2D eigenvalue weighted by Crippen LogP contribution is -2.34. The van der Waals surface area contributed by atoms with Crippen LogP contribution in [-0.4, -0.2) is 21.6 Å². The number of benzene rings is 3. The molecule has 0 atom stereocenters. The van der Waals surface area contributed by atoms with Gasteiger partial charge in [0.05, 0.1) is 29.1 Å². The first-order valence-corrected chi connectivity index (χ1v) is 13.2. The zero-order chi connectivity index (χ0) is 28.1. The highest BCUT2D eigenvalue weighted by atomic mass is 35.5. The molecule has 0 radical (unpaired) electrons. The molecule has 0 saturated carbocycles. The van der Waals surface area contributed by atoms with Crippen LogP contribution < -0.4 is 10.6 Å². The predicted molar refractivity (Wildman–Crippen MR) is 156 cm³/mol. The number of halogens is 3. The summed E-state index contributed by atoms with van der Waals surface area (Å²) in [6, 6.07) is 24.7. The summed E-state index contributed by atoms with van der Waals surface area (Å²) < 4.78 is 7.02. The highest BCUT2D eigenvalue weighted by Gasteiger charge is 2.20. The van der Waals surface area contributed by atoms with Crippen molar-refractivity contribution >= 4 is 52.7 Å². The Morgan fingerprint density at radius 3 is 2.35 bits per heavy atom. The monoisotopic (exact) mass is 590 g/mol. The van der Waals surface area contributed by atoms with Crippen LogP contribution in [-0.2, 0) is 11.3 Å². The number of hydrogen-bond donors (Lipinski definition) is 2. The number of nitrogens with zero attached hydrogens (tertiary/aromatic N) is 2. The minimum absolute atomic E-state index is 0.0228. The average molecular weight is 592 g/mol. The van der Waals surface area contributed by atoms with E-state index in [9.17, 15) is 9.59 Å². The Balaban J connectivity index is 1.56. The van der Waals surface area contributed by atoms with Crippen molar-refractivity contribution in [2.24, 2.45) is 0 Å². The second-order valence-electron chi connectivity index (χ2n) is 8.62. The van der Waals surface area contributed by atoms with Crippen LogP contribution in [0.4, 0.5) is 0 Å². The van der Waals surface area contributed by atoms with E-state index in [1.165, 1.54) is 18.4 Å². The van der Waals surface area contributed by atoms with Crippen molar-refractivity contribution in [1.82, 2.24) is 20.4 Å². The molecule has 0 saturated heterocycles. The Bertz CT molecular complexity index is 1680. The van der Waals surface area contributed by atoms with E-state index in [0.29, 0.717) is 27.1 Å². The minimum Gasteiger partial charge on any atom is -0.467 e. The molecule has 10 heteroatoms. The van der Waals surface area contributed by atoms with Crippen LogP contribution in [0.2, 0.25) is 15.1 Å². The Kier molecular flexibility index (Phi) is 8.36. The van der Waals surface area contributed by atoms with Crippen LogP contribution >= 0.6 is 34.8 Å². The molecule has 7 nitrogen and oxygen atoms in total. The average Bonchev–Trinajstić information content (AvgIpc) is 3.63. The number of nitrogens with one attached hydrogen (secondary N) is 2. The summed E-state index contributed by atoms with van der Waals surface area (Å²) in [4.78, 5) is 26.6. The maximum atomic E-state index is 13.4. The highest BCUT2D eigenvalue weighted by molar-refractivity contribution is 6.36. The van der Waals surface area contributed by atoms with Crippen molar-refractivity contribution in [3.8, 4) is 16.9 Å². The number of carbonyl (C=O) groups excluding carboxylic acids is 2. The van der Waals surface area contributed by atoms with E-state index in [1.807, 2.05) is 42.5 Å². The van der Waals surface area contributed by atoms with Gasteiger partial charge in [0.1, 0.15) is 17.2 Å². The zero-order valence-corrected chi connectivity index (χ0v) is 23.0. The summed E-state index contributed by atoms with van der Waals surface area (Å²) in [6.07, 6.45) is 4.86. The summed E-state index contributed by atoms with van der Waals surface area (Å²) in [5.41, 5.74) is 2.89. The van der Waals surface area contributed by atoms with E-state index in [1.54, 1.807) is 47.3 Å². The molecule has 0 aliphatic heterocycles. The van der Waals surface area contributed by atoms with E-state index >= 15 is 0 Å². The Morgan fingerprint density at radius 1 is 0.900 bits per heavy atom. The van der Waals surface area contributed by atoms with Crippen molar-refractivity contribution < 1.29 is 14.0 Å². The van der Waals surface area contributed by atoms with Gasteiger partial charge in [0.15, 0.2) is 0 Å². The first-order valence-electron chi connectivity index (χ1n) is 12.1. The summed E-state index contributed by atoms with van der Waals surface area (Å²) in [6.45, 7) is 0.119. The van der Waals surface area contributed by atoms with Crippen LogP contribution in [0.3, 0.4) is 0 Å². The van der Waals surface area contributed by atoms with Crippen molar-refractivity contribution in [3.63, 3.8) is 0 Å². The van der Waals surface area contributed by atoms with Gasteiger partial charge in [-0.15, -0.1) is 0 Å². The maximum Gasteiger partial charge on any atom is 0.268 e. The quantitative estimate of drug-likeness (QED) is 0.187. The van der Waals surface area contributed by atoms with Gasteiger partial charge in [-0.3, -0.25) is 9.59 Å². The number of amides is 2. The SMILES string of the molecule is O=C(NCc1ccco1)/C(=C/c1cn(-c2ccccc2)nc1-c1ccc(Cl)cc1)NC(=O)c1ccc(Cl)cc1Cl. The first kappa shape index (κ1) is 27.3. The number of carbonyl (C=O) groups is 2. The summed E-state index contributed by atoms with van der Waals surface area (Å²) in [5.74, 6) is -0.563. The largest absolute Gasteiger partial charge is 0.467 e. The van der Waals surface area contributed by atoms with E-state index in [-0.39, 0.29) is 22.8 Å². The van der Waals surface area contributed by atoms with Gasteiger partial charge < -0.3 is 15.1 Å². The molecule has 0 unspecified atom stereocenters. The molecule has 0 spiro atoms. The van der Waals surface area contributed by atoms with Crippen molar-refractivity contribution in [3.05, 3.63) is 135 Å².